The molecular formula is C26H26FN5OS. The standard InChI is InChI=1S/C26H26FN5OS/c1-17-13-18(2)25(19(3)14-17)29-24(33)16-34-26-31-30-23(32(26)22-7-5-4-6-8-22)15-28-21-11-9-20(27)10-12-21/h4-14,28H,15-16H2,1-3H3,(H,29,33). The fraction of sp³-hybridized carbons (Fsp3) is 0.192. The fourth-order valence-corrected chi connectivity index (χ4v) is 4.55. The number of benzene rings is 3. The van der Waals surface area contributed by atoms with Crippen LogP contribution in [0.3, 0.4) is 0 Å². The van der Waals surface area contributed by atoms with Crippen molar-refractivity contribution < 1.29 is 9.18 Å². The molecule has 0 radical (unpaired) electrons. The van der Waals surface area contributed by atoms with Crippen LogP contribution in [0.25, 0.3) is 5.69 Å². The van der Waals surface area contributed by atoms with E-state index in [1.807, 2.05) is 55.7 Å². The van der Waals surface area contributed by atoms with Crippen LogP contribution in [-0.2, 0) is 11.3 Å². The summed E-state index contributed by atoms with van der Waals surface area (Å²) in [5.41, 5.74) is 5.78. The monoisotopic (exact) mass is 475 g/mol. The largest absolute Gasteiger partial charge is 0.378 e. The molecule has 0 aliphatic rings. The molecule has 0 aliphatic heterocycles. The molecule has 0 aliphatic carbocycles. The number of aromatic nitrogens is 3. The first kappa shape index (κ1) is 23.5. The second kappa shape index (κ2) is 10.5. The molecule has 34 heavy (non-hydrogen) atoms. The highest BCUT2D eigenvalue weighted by Crippen LogP contribution is 2.25. The molecule has 0 spiro atoms. The second-order valence-corrected chi connectivity index (χ2v) is 8.98. The number of hydrogen-bond acceptors (Lipinski definition) is 5. The van der Waals surface area contributed by atoms with Crippen molar-refractivity contribution in [3.8, 4) is 5.69 Å². The predicted molar refractivity (Wildman–Crippen MR) is 135 cm³/mol. The molecule has 8 heteroatoms. The molecular weight excluding hydrogens is 449 g/mol. The van der Waals surface area contributed by atoms with E-state index in [-0.39, 0.29) is 17.5 Å². The molecule has 4 aromatic rings. The molecule has 0 unspecified atom stereocenters. The van der Waals surface area contributed by atoms with Crippen LogP contribution in [0.1, 0.15) is 22.5 Å². The van der Waals surface area contributed by atoms with Gasteiger partial charge in [-0.25, -0.2) is 4.39 Å². The Morgan fingerprint density at radius 1 is 0.971 bits per heavy atom. The topological polar surface area (TPSA) is 71.8 Å². The fourth-order valence-electron chi connectivity index (χ4n) is 3.78. The molecule has 0 bridgehead atoms. The van der Waals surface area contributed by atoms with E-state index in [0.717, 1.165) is 28.2 Å². The summed E-state index contributed by atoms with van der Waals surface area (Å²) < 4.78 is 15.1. The van der Waals surface area contributed by atoms with Gasteiger partial charge in [-0.3, -0.25) is 9.36 Å². The summed E-state index contributed by atoms with van der Waals surface area (Å²) in [7, 11) is 0. The molecule has 4 rings (SSSR count). The summed E-state index contributed by atoms with van der Waals surface area (Å²) in [5.74, 6) is 0.492. The van der Waals surface area contributed by atoms with E-state index < -0.39 is 0 Å². The van der Waals surface area contributed by atoms with Crippen molar-refractivity contribution in [3.05, 3.63) is 95.1 Å². The van der Waals surface area contributed by atoms with Gasteiger partial charge in [-0.1, -0.05) is 47.7 Å². The minimum absolute atomic E-state index is 0.103. The Morgan fingerprint density at radius 3 is 2.32 bits per heavy atom. The van der Waals surface area contributed by atoms with Gasteiger partial charge in [0.1, 0.15) is 5.82 Å². The molecule has 0 saturated carbocycles. The second-order valence-electron chi connectivity index (χ2n) is 8.04. The minimum atomic E-state index is -0.286. The Bertz CT molecular complexity index is 1270. The van der Waals surface area contributed by atoms with Gasteiger partial charge in [0.15, 0.2) is 11.0 Å². The summed E-state index contributed by atoms with van der Waals surface area (Å²) in [6.45, 7) is 6.42. The molecule has 6 nitrogen and oxygen atoms in total. The van der Waals surface area contributed by atoms with Gasteiger partial charge in [-0.2, -0.15) is 0 Å². The van der Waals surface area contributed by atoms with Gasteiger partial charge in [-0.15, -0.1) is 10.2 Å². The van der Waals surface area contributed by atoms with Crippen LogP contribution < -0.4 is 10.6 Å². The van der Waals surface area contributed by atoms with E-state index in [2.05, 4.69) is 33.0 Å². The van der Waals surface area contributed by atoms with Gasteiger partial charge < -0.3 is 10.6 Å². The normalized spacial score (nSPS) is 10.8. The molecule has 1 amide bonds. The van der Waals surface area contributed by atoms with E-state index in [0.29, 0.717) is 17.5 Å². The van der Waals surface area contributed by atoms with Crippen LogP contribution in [0.2, 0.25) is 0 Å². The first-order valence-electron chi connectivity index (χ1n) is 10.9. The van der Waals surface area contributed by atoms with Gasteiger partial charge >= 0.3 is 0 Å². The number of nitrogens with zero attached hydrogens (tertiary/aromatic N) is 3. The maximum Gasteiger partial charge on any atom is 0.234 e. The smallest absolute Gasteiger partial charge is 0.234 e. The zero-order chi connectivity index (χ0) is 24.1. The number of nitrogens with one attached hydrogen (secondary N) is 2. The lowest BCUT2D eigenvalue weighted by Crippen LogP contribution is -2.16. The van der Waals surface area contributed by atoms with Crippen molar-refractivity contribution >= 4 is 29.0 Å². The van der Waals surface area contributed by atoms with Gasteiger partial charge in [-0.05, 0) is 68.3 Å². The van der Waals surface area contributed by atoms with Gasteiger partial charge in [0.2, 0.25) is 5.91 Å². The third-order valence-electron chi connectivity index (χ3n) is 5.28. The summed E-state index contributed by atoms with van der Waals surface area (Å²) in [6.07, 6.45) is 0. The van der Waals surface area contributed by atoms with Gasteiger partial charge in [0, 0.05) is 17.1 Å². The van der Waals surface area contributed by atoms with Crippen molar-refractivity contribution in [2.24, 2.45) is 0 Å². The SMILES string of the molecule is Cc1cc(C)c(NC(=O)CSc2nnc(CNc3ccc(F)cc3)n2-c2ccccc2)c(C)c1. The van der Waals surface area contributed by atoms with E-state index in [1.54, 1.807) is 12.1 Å². The highest BCUT2D eigenvalue weighted by atomic mass is 32.2. The number of anilines is 2. The number of carbonyl (C=O) groups is 1. The molecule has 1 heterocycles. The van der Waals surface area contributed by atoms with Crippen molar-refractivity contribution in [1.29, 1.82) is 0 Å². The van der Waals surface area contributed by atoms with Crippen LogP contribution in [0, 0.1) is 26.6 Å². The lowest BCUT2D eigenvalue weighted by Gasteiger charge is -2.13. The summed E-state index contributed by atoms with van der Waals surface area (Å²) in [4.78, 5) is 12.7. The third kappa shape index (κ3) is 5.63. The summed E-state index contributed by atoms with van der Waals surface area (Å²) in [6, 6.07) is 20.0. The van der Waals surface area contributed by atoms with Crippen molar-refractivity contribution in [2.45, 2.75) is 32.5 Å². The predicted octanol–water partition coefficient (Wildman–Crippen LogP) is 5.67. The maximum atomic E-state index is 13.2. The Balaban J connectivity index is 1.50. The number of carbonyl (C=O) groups excluding carboxylic acids is 1. The number of amides is 1. The van der Waals surface area contributed by atoms with E-state index in [4.69, 9.17) is 0 Å². The lowest BCUT2D eigenvalue weighted by molar-refractivity contribution is -0.113. The molecule has 1 aromatic heterocycles. The molecule has 174 valence electrons. The molecule has 3 aromatic carbocycles. The van der Waals surface area contributed by atoms with Crippen LogP contribution in [0.5, 0.6) is 0 Å². The van der Waals surface area contributed by atoms with E-state index in [1.165, 1.54) is 29.5 Å². The minimum Gasteiger partial charge on any atom is -0.378 e. The highest BCUT2D eigenvalue weighted by molar-refractivity contribution is 7.99. The quantitative estimate of drug-likeness (QED) is 0.321. The average Bonchev–Trinajstić information content (AvgIpc) is 3.23. The van der Waals surface area contributed by atoms with Crippen LogP contribution >= 0.6 is 11.8 Å². The van der Waals surface area contributed by atoms with Crippen molar-refractivity contribution in [1.82, 2.24) is 14.8 Å². The van der Waals surface area contributed by atoms with Crippen LogP contribution in [0.15, 0.2) is 71.9 Å². The molecule has 0 fully saturated rings. The number of para-hydroxylation sites is 1. The van der Waals surface area contributed by atoms with E-state index >= 15 is 0 Å². The Hall–Kier alpha value is -3.65. The van der Waals surface area contributed by atoms with Crippen LogP contribution in [0.4, 0.5) is 15.8 Å². The Kier molecular flexibility index (Phi) is 7.27. The molecule has 0 atom stereocenters. The molecule has 2 N–H and O–H groups in total. The number of thioether (sulfide) groups is 1. The maximum absolute atomic E-state index is 13.2. The third-order valence-corrected chi connectivity index (χ3v) is 6.21. The van der Waals surface area contributed by atoms with Gasteiger partial charge in [0.25, 0.3) is 0 Å². The highest BCUT2D eigenvalue weighted by Gasteiger charge is 2.16. The number of halogens is 1. The number of rotatable bonds is 8. The summed E-state index contributed by atoms with van der Waals surface area (Å²) in [5, 5.41) is 15.6. The average molecular weight is 476 g/mol. The lowest BCUT2D eigenvalue weighted by atomic mass is 10.1. The number of hydrogen-bond donors (Lipinski definition) is 2. The van der Waals surface area contributed by atoms with Crippen molar-refractivity contribution in [3.63, 3.8) is 0 Å². The Labute approximate surface area is 202 Å². The zero-order valence-electron chi connectivity index (χ0n) is 19.3. The summed E-state index contributed by atoms with van der Waals surface area (Å²) >= 11 is 1.33. The Morgan fingerprint density at radius 2 is 1.65 bits per heavy atom. The van der Waals surface area contributed by atoms with Crippen LogP contribution in [-0.4, -0.2) is 26.4 Å². The first-order valence-corrected chi connectivity index (χ1v) is 11.9. The van der Waals surface area contributed by atoms with Crippen molar-refractivity contribution in [2.75, 3.05) is 16.4 Å². The number of aryl methyl sites for hydroxylation is 3. The van der Waals surface area contributed by atoms with Gasteiger partial charge in [0.05, 0.1) is 12.3 Å². The zero-order valence-corrected chi connectivity index (χ0v) is 20.1. The molecule has 0 saturated heterocycles. The van der Waals surface area contributed by atoms with E-state index in [9.17, 15) is 9.18 Å². The first-order chi connectivity index (χ1) is 16.4.